The molecule has 0 aliphatic rings. The van der Waals surface area contributed by atoms with Crippen LogP contribution in [0.5, 0.6) is 0 Å². The Morgan fingerprint density at radius 1 is 1.24 bits per heavy atom. The third-order valence-corrected chi connectivity index (χ3v) is 3.52. The Hall–Kier alpha value is -1.88. The van der Waals surface area contributed by atoms with Gasteiger partial charge in [-0.1, -0.05) is 37.3 Å². The maximum absolute atomic E-state index is 12.1. The Morgan fingerprint density at radius 3 is 2.38 bits per heavy atom. The van der Waals surface area contributed by atoms with E-state index < -0.39 is 5.97 Å². The van der Waals surface area contributed by atoms with Crippen LogP contribution in [0.15, 0.2) is 30.3 Å². The van der Waals surface area contributed by atoms with Crippen LogP contribution in [0.1, 0.15) is 38.8 Å². The third kappa shape index (κ3) is 5.95. The number of carbonyl (C=O) groups excluding carboxylic acids is 1. The summed E-state index contributed by atoms with van der Waals surface area (Å²) in [6.07, 6.45) is 0.0371. The number of carboxylic acids is 1. The van der Waals surface area contributed by atoms with Crippen LogP contribution < -0.4 is 5.32 Å². The van der Waals surface area contributed by atoms with E-state index in [1.807, 2.05) is 56.0 Å². The topological polar surface area (TPSA) is 69.6 Å². The molecule has 2 unspecified atom stereocenters. The number of aliphatic carboxylic acids is 1. The van der Waals surface area contributed by atoms with Crippen LogP contribution in [-0.2, 0) is 9.59 Å². The molecule has 1 rings (SSSR count). The Morgan fingerprint density at radius 2 is 1.86 bits per heavy atom. The smallest absolute Gasteiger partial charge is 0.304 e. The van der Waals surface area contributed by atoms with Crippen molar-refractivity contribution in [2.24, 2.45) is 0 Å². The number of nitrogens with one attached hydrogen (secondary N) is 1. The van der Waals surface area contributed by atoms with Crippen LogP contribution in [0.2, 0.25) is 0 Å². The number of rotatable bonds is 8. The lowest BCUT2D eigenvalue weighted by Gasteiger charge is -2.26. The highest BCUT2D eigenvalue weighted by Crippen LogP contribution is 2.11. The first kappa shape index (κ1) is 17.2. The fourth-order valence-corrected chi connectivity index (χ4v) is 2.26. The highest BCUT2D eigenvalue weighted by molar-refractivity contribution is 5.78. The molecule has 1 aromatic rings. The molecule has 2 N–H and O–H groups in total. The van der Waals surface area contributed by atoms with E-state index in [0.717, 1.165) is 5.56 Å². The van der Waals surface area contributed by atoms with E-state index in [0.29, 0.717) is 6.54 Å². The number of carbonyl (C=O) groups is 2. The van der Waals surface area contributed by atoms with Crippen molar-refractivity contribution >= 4 is 11.9 Å². The number of hydrogen-bond acceptors (Lipinski definition) is 3. The number of nitrogens with zero attached hydrogens (tertiary/aromatic N) is 1. The van der Waals surface area contributed by atoms with Gasteiger partial charge >= 0.3 is 5.97 Å². The van der Waals surface area contributed by atoms with Crippen molar-refractivity contribution in [2.45, 2.75) is 39.3 Å². The van der Waals surface area contributed by atoms with Gasteiger partial charge in [0.25, 0.3) is 0 Å². The van der Waals surface area contributed by atoms with E-state index in [2.05, 4.69) is 5.32 Å². The quantitative estimate of drug-likeness (QED) is 0.769. The minimum Gasteiger partial charge on any atom is -0.481 e. The lowest BCUT2D eigenvalue weighted by Crippen LogP contribution is -2.43. The Labute approximate surface area is 126 Å². The second kappa shape index (κ2) is 8.42. The maximum atomic E-state index is 12.1. The second-order valence-electron chi connectivity index (χ2n) is 5.21. The van der Waals surface area contributed by atoms with Crippen molar-refractivity contribution in [3.8, 4) is 0 Å². The highest BCUT2D eigenvalue weighted by Gasteiger charge is 2.19. The first-order chi connectivity index (χ1) is 9.93. The number of benzene rings is 1. The molecule has 0 radical (unpaired) electrons. The summed E-state index contributed by atoms with van der Waals surface area (Å²) < 4.78 is 0. The molecular formula is C16H24N2O3. The lowest BCUT2D eigenvalue weighted by atomic mass is 10.1. The van der Waals surface area contributed by atoms with Crippen molar-refractivity contribution in [2.75, 3.05) is 13.1 Å². The summed E-state index contributed by atoms with van der Waals surface area (Å²) >= 11 is 0. The fourth-order valence-electron chi connectivity index (χ4n) is 2.26. The van der Waals surface area contributed by atoms with Gasteiger partial charge in [-0.3, -0.25) is 14.5 Å². The standard InChI is InChI=1S/C16H24N2O3/c1-4-18(12(2)10-16(20)21)11-15(19)17-13(3)14-8-6-5-7-9-14/h5-9,12-13H,4,10-11H2,1-3H3,(H,17,19)(H,20,21). The van der Waals surface area contributed by atoms with E-state index in [4.69, 9.17) is 5.11 Å². The Bertz CT molecular complexity index is 462. The first-order valence-corrected chi connectivity index (χ1v) is 7.24. The average Bonchev–Trinajstić information content (AvgIpc) is 2.44. The molecule has 0 saturated heterocycles. The van der Waals surface area contributed by atoms with Crippen LogP contribution in [0.4, 0.5) is 0 Å². The largest absolute Gasteiger partial charge is 0.481 e. The van der Waals surface area contributed by atoms with Crippen LogP contribution in [0.3, 0.4) is 0 Å². The van der Waals surface area contributed by atoms with Crippen LogP contribution in [0, 0.1) is 0 Å². The van der Waals surface area contributed by atoms with Gasteiger partial charge in [0.15, 0.2) is 0 Å². The molecule has 0 aliphatic heterocycles. The van der Waals surface area contributed by atoms with Crippen LogP contribution in [0.25, 0.3) is 0 Å². The number of amides is 1. The van der Waals surface area contributed by atoms with Gasteiger partial charge in [0.2, 0.25) is 5.91 Å². The summed E-state index contributed by atoms with van der Waals surface area (Å²) in [4.78, 5) is 24.7. The molecule has 0 spiro atoms. The van der Waals surface area contributed by atoms with E-state index >= 15 is 0 Å². The molecule has 0 bridgehead atoms. The summed E-state index contributed by atoms with van der Waals surface area (Å²) in [6, 6.07) is 9.52. The summed E-state index contributed by atoms with van der Waals surface area (Å²) in [7, 11) is 0. The molecule has 5 heteroatoms. The van der Waals surface area contributed by atoms with E-state index in [-0.39, 0.29) is 31.0 Å². The van der Waals surface area contributed by atoms with Crippen LogP contribution >= 0.6 is 0 Å². The molecule has 0 aliphatic carbocycles. The van der Waals surface area contributed by atoms with Gasteiger partial charge in [-0.2, -0.15) is 0 Å². The van der Waals surface area contributed by atoms with Crippen molar-refractivity contribution in [1.82, 2.24) is 10.2 Å². The molecule has 1 amide bonds. The number of likely N-dealkylation sites (N-methyl/N-ethyl adjacent to an activating group) is 1. The molecule has 21 heavy (non-hydrogen) atoms. The first-order valence-electron chi connectivity index (χ1n) is 7.24. The zero-order chi connectivity index (χ0) is 15.8. The van der Waals surface area contributed by atoms with Crippen molar-refractivity contribution in [3.63, 3.8) is 0 Å². The van der Waals surface area contributed by atoms with Crippen molar-refractivity contribution in [1.29, 1.82) is 0 Å². The minimum absolute atomic E-state index is 0.0371. The minimum atomic E-state index is -0.848. The lowest BCUT2D eigenvalue weighted by molar-refractivity contribution is -0.139. The normalized spacial score (nSPS) is 13.7. The fraction of sp³-hybridized carbons (Fsp3) is 0.500. The molecule has 1 aromatic carbocycles. The number of hydrogen-bond donors (Lipinski definition) is 2. The van der Waals surface area contributed by atoms with E-state index in [9.17, 15) is 9.59 Å². The van der Waals surface area contributed by atoms with Gasteiger partial charge in [-0.05, 0) is 26.0 Å². The number of carboxylic acid groups (broad SMARTS) is 1. The predicted molar refractivity (Wildman–Crippen MR) is 82.0 cm³/mol. The van der Waals surface area contributed by atoms with Gasteiger partial charge < -0.3 is 10.4 Å². The van der Waals surface area contributed by atoms with Crippen molar-refractivity contribution < 1.29 is 14.7 Å². The molecule has 0 aromatic heterocycles. The summed E-state index contributed by atoms with van der Waals surface area (Å²) in [5.74, 6) is -0.940. The third-order valence-electron chi connectivity index (χ3n) is 3.52. The highest BCUT2D eigenvalue weighted by atomic mass is 16.4. The molecule has 0 saturated carbocycles. The molecule has 2 atom stereocenters. The van der Waals surface area contributed by atoms with Gasteiger partial charge in [0.1, 0.15) is 0 Å². The van der Waals surface area contributed by atoms with E-state index in [1.54, 1.807) is 0 Å². The SMILES string of the molecule is CCN(CC(=O)NC(C)c1ccccc1)C(C)CC(=O)O. The average molecular weight is 292 g/mol. The molecule has 5 nitrogen and oxygen atoms in total. The maximum Gasteiger partial charge on any atom is 0.304 e. The van der Waals surface area contributed by atoms with Crippen LogP contribution in [-0.4, -0.2) is 41.0 Å². The zero-order valence-electron chi connectivity index (χ0n) is 12.9. The zero-order valence-corrected chi connectivity index (χ0v) is 12.9. The van der Waals surface area contributed by atoms with Gasteiger partial charge in [-0.25, -0.2) is 0 Å². The molecular weight excluding hydrogens is 268 g/mol. The summed E-state index contributed by atoms with van der Waals surface area (Å²) in [6.45, 7) is 6.53. The van der Waals surface area contributed by atoms with E-state index in [1.165, 1.54) is 0 Å². The predicted octanol–water partition coefficient (Wildman–Crippen LogP) is 2.05. The van der Waals surface area contributed by atoms with Gasteiger partial charge in [0, 0.05) is 6.04 Å². The summed E-state index contributed by atoms with van der Waals surface area (Å²) in [5, 5.41) is 11.8. The van der Waals surface area contributed by atoms with Crippen molar-refractivity contribution in [3.05, 3.63) is 35.9 Å². The molecule has 116 valence electrons. The monoisotopic (exact) mass is 292 g/mol. The van der Waals surface area contributed by atoms with Gasteiger partial charge in [0.05, 0.1) is 19.0 Å². The second-order valence-corrected chi connectivity index (χ2v) is 5.21. The molecule has 0 fully saturated rings. The Kier molecular flexibility index (Phi) is 6.88. The van der Waals surface area contributed by atoms with Gasteiger partial charge in [-0.15, -0.1) is 0 Å². The molecule has 0 heterocycles. The Balaban J connectivity index is 2.53. The summed E-state index contributed by atoms with van der Waals surface area (Å²) in [5.41, 5.74) is 1.05.